The first-order valence-corrected chi connectivity index (χ1v) is 6.19. The molecule has 1 rings (SSSR count). The van der Waals surface area contributed by atoms with Gasteiger partial charge in [0.25, 0.3) is 0 Å². The third-order valence-electron chi connectivity index (χ3n) is 2.90. The number of nitrogens with two attached hydrogens (primary N) is 1. The highest BCUT2D eigenvalue weighted by Gasteiger charge is 2.30. The molecule has 0 aromatic carbocycles. The van der Waals surface area contributed by atoms with Gasteiger partial charge >= 0.3 is 6.09 Å². The fourth-order valence-corrected chi connectivity index (χ4v) is 2.01. The van der Waals surface area contributed by atoms with Gasteiger partial charge in [0.05, 0.1) is 6.10 Å². The van der Waals surface area contributed by atoms with E-state index in [4.69, 9.17) is 10.5 Å². The van der Waals surface area contributed by atoms with Crippen molar-refractivity contribution in [3.05, 3.63) is 0 Å². The molecule has 0 aromatic heterocycles. The molecule has 0 bridgehead atoms. The van der Waals surface area contributed by atoms with Crippen molar-refractivity contribution in [1.82, 2.24) is 4.90 Å². The monoisotopic (exact) mass is 244 g/mol. The van der Waals surface area contributed by atoms with E-state index in [1.165, 1.54) is 0 Å². The Kier molecular flexibility index (Phi) is 4.77. The Morgan fingerprint density at radius 3 is 2.76 bits per heavy atom. The summed E-state index contributed by atoms with van der Waals surface area (Å²) < 4.78 is 5.31. The number of nitrogens with zero attached hydrogens (tertiary/aromatic N) is 1. The van der Waals surface area contributed by atoms with E-state index in [2.05, 4.69) is 0 Å². The van der Waals surface area contributed by atoms with Crippen LogP contribution in [0.25, 0.3) is 0 Å². The molecule has 0 saturated carbocycles. The van der Waals surface area contributed by atoms with Crippen molar-refractivity contribution in [2.24, 2.45) is 11.7 Å². The molecular weight excluding hydrogens is 220 g/mol. The van der Waals surface area contributed by atoms with E-state index in [1.807, 2.05) is 20.8 Å². The topological polar surface area (TPSA) is 75.8 Å². The number of carbonyl (C=O) groups excluding carboxylic acids is 1. The van der Waals surface area contributed by atoms with Crippen molar-refractivity contribution in [3.63, 3.8) is 0 Å². The molecule has 1 aliphatic heterocycles. The van der Waals surface area contributed by atoms with E-state index in [9.17, 15) is 9.90 Å². The van der Waals surface area contributed by atoms with Gasteiger partial charge in [-0.25, -0.2) is 4.79 Å². The molecule has 5 heteroatoms. The van der Waals surface area contributed by atoms with E-state index in [0.717, 1.165) is 12.8 Å². The molecule has 1 saturated heterocycles. The average molecular weight is 244 g/mol. The van der Waals surface area contributed by atoms with Gasteiger partial charge in [0, 0.05) is 25.6 Å². The van der Waals surface area contributed by atoms with Crippen molar-refractivity contribution in [2.75, 3.05) is 19.6 Å². The fraction of sp³-hybridized carbons (Fsp3) is 0.917. The van der Waals surface area contributed by atoms with Crippen LogP contribution in [-0.4, -0.2) is 47.4 Å². The Morgan fingerprint density at radius 2 is 2.24 bits per heavy atom. The highest BCUT2D eigenvalue weighted by Crippen LogP contribution is 2.21. The van der Waals surface area contributed by atoms with Crippen LogP contribution in [0.2, 0.25) is 0 Å². The van der Waals surface area contributed by atoms with Crippen LogP contribution in [0.1, 0.15) is 33.6 Å². The predicted molar refractivity (Wildman–Crippen MR) is 65.6 cm³/mol. The quantitative estimate of drug-likeness (QED) is 0.758. The van der Waals surface area contributed by atoms with Crippen molar-refractivity contribution >= 4 is 6.09 Å². The molecule has 0 spiro atoms. The third-order valence-corrected chi connectivity index (χ3v) is 2.90. The van der Waals surface area contributed by atoms with Crippen LogP contribution in [-0.2, 0) is 4.74 Å². The number of amides is 1. The summed E-state index contributed by atoms with van der Waals surface area (Å²) in [7, 11) is 0. The third kappa shape index (κ3) is 4.52. The summed E-state index contributed by atoms with van der Waals surface area (Å²) in [5, 5.41) is 9.71. The van der Waals surface area contributed by atoms with Gasteiger partial charge in [-0.3, -0.25) is 0 Å². The molecule has 0 unspecified atom stereocenters. The van der Waals surface area contributed by atoms with Crippen molar-refractivity contribution in [3.8, 4) is 0 Å². The van der Waals surface area contributed by atoms with E-state index >= 15 is 0 Å². The maximum atomic E-state index is 11.9. The molecule has 1 aliphatic rings. The van der Waals surface area contributed by atoms with Gasteiger partial charge in [-0.15, -0.1) is 0 Å². The Morgan fingerprint density at radius 1 is 1.59 bits per heavy atom. The van der Waals surface area contributed by atoms with Crippen LogP contribution in [0.4, 0.5) is 4.79 Å². The van der Waals surface area contributed by atoms with Crippen LogP contribution in [0.3, 0.4) is 0 Å². The molecule has 1 amide bonds. The summed E-state index contributed by atoms with van der Waals surface area (Å²) in [6, 6.07) is 0. The summed E-state index contributed by atoms with van der Waals surface area (Å²) in [4.78, 5) is 13.5. The number of rotatable bonds is 2. The van der Waals surface area contributed by atoms with Crippen LogP contribution >= 0.6 is 0 Å². The second-order valence-corrected chi connectivity index (χ2v) is 5.63. The number of aliphatic hydroxyl groups is 1. The minimum absolute atomic E-state index is 0.0706. The van der Waals surface area contributed by atoms with Crippen molar-refractivity contribution in [1.29, 1.82) is 0 Å². The molecule has 3 N–H and O–H groups in total. The fourth-order valence-electron chi connectivity index (χ4n) is 2.01. The van der Waals surface area contributed by atoms with Gasteiger partial charge in [0.2, 0.25) is 0 Å². The minimum atomic E-state index is -0.528. The molecule has 0 radical (unpaired) electrons. The van der Waals surface area contributed by atoms with E-state index < -0.39 is 11.7 Å². The van der Waals surface area contributed by atoms with Gasteiger partial charge < -0.3 is 20.5 Å². The smallest absolute Gasteiger partial charge is 0.410 e. The summed E-state index contributed by atoms with van der Waals surface area (Å²) in [6.45, 7) is 7.02. The first-order chi connectivity index (χ1) is 7.83. The van der Waals surface area contributed by atoms with Crippen molar-refractivity contribution in [2.45, 2.75) is 45.3 Å². The number of hydrogen-bond donors (Lipinski definition) is 2. The lowest BCUT2D eigenvalue weighted by Gasteiger charge is -2.35. The van der Waals surface area contributed by atoms with E-state index in [1.54, 1.807) is 4.90 Å². The minimum Gasteiger partial charge on any atom is -0.444 e. The number of carbonyl (C=O) groups is 1. The molecule has 17 heavy (non-hydrogen) atoms. The van der Waals surface area contributed by atoms with Gasteiger partial charge in [-0.1, -0.05) is 0 Å². The summed E-state index contributed by atoms with van der Waals surface area (Å²) in [6.07, 6.45) is 0.977. The Bertz CT molecular complexity index is 263. The molecule has 100 valence electrons. The second-order valence-electron chi connectivity index (χ2n) is 5.63. The Hall–Kier alpha value is -0.810. The summed E-state index contributed by atoms with van der Waals surface area (Å²) >= 11 is 0. The zero-order valence-corrected chi connectivity index (χ0v) is 11.0. The maximum Gasteiger partial charge on any atom is 0.410 e. The predicted octanol–water partition coefficient (Wildman–Crippen LogP) is 0.953. The summed E-state index contributed by atoms with van der Waals surface area (Å²) in [5.74, 6) is 0.0706. The Labute approximate surface area is 103 Å². The zero-order valence-electron chi connectivity index (χ0n) is 11.0. The Balaban J connectivity index is 2.52. The molecule has 1 heterocycles. The number of ether oxygens (including phenoxy) is 1. The molecule has 5 nitrogen and oxygen atoms in total. The normalized spacial score (nSPS) is 23.4. The molecule has 0 aromatic rings. The highest BCUT2D eigenvalue weighted by atomic mass is 16.6. The SMILES string of the molecule is CC(C)(C)OC(=O)N1CCC[C@@H]([C@H](O)CN)C1. The number of piperidine rings is 1. The van der Waals surface area contributed by atoms with Gasteiger partial charge in [-0.05, 0) is 33.6 Å². The van der Waals surface area contributed by atoms with E-state index in [-0.39, 0.29) is 18.6 Å². The molecule has 2 atom stereocenters. The van der Waals surface area contributed by atoms with E-state index in [0.29, 0.717) is 13.1 Å². The van der Waals surface area contributed by atoms with Crippen LogP contribution in [0.5, 0.6) is 0 Å². The lowest BCUT2D eigenvalue weighted by atomic mass is 9.93. The average Bonchev–Trinajstić information content (AvgIpc) is 2.26. The van der Waals surface area contributed by atoms with Crippen molar-refractivity contribution < 1.29 is 14.6 Å². The van der Waals surface area contributed by atoms with Crippen LogP contribution < -0.4 is 5.73 Å². The lowest BCUT2D eigenvalue weighted by Crippen LogP contribution is -2.46. The van der Waals surface area contributed by atoms with Gasteiger partial charge in [0.15, 0.2) is 0 Å². The number of aliphatic hydroxyl groups excluding tert-OH is 1. The van der Waals surface area contributed by atoms with Crippen LogP contribution in [0.15, 0.2) is 0 Å². The maximum absolute atomic E-state index is 11.9. The zero-order chi connectivity index (χ0) is 13.1. The van der Waals surface area contributed by atoms with Gasteiger partial charge in [-0.2, -0.15) is 0 Å². The number of likely N-dealkylation sites (tertiary alicyclic amines) is 1. The molecule has 1 fully saturated rings. The van der Waals surface area contributed by atoms with Crippen LogP contribution in [0, 0.1) is 5.92 Å². The molecular formula is C12H24N2O3. The molecule has 0 aliphatic carbocycles. The highest BCUT2D eigenvalue weighted by molar-refractivity contribution is 5.68. The first kappa shape index (κ1) is 14.3. The second kappa shape index (κ2) is 5.69. The standard InChI is InChI=1S/C12H24N2O3/c1-12(2,3)17-11(16)14-6-4-5-9(8-14)10(15)7-13/h9-10,15H,4-8,13H2,1-3H3/t9-,10-/m1/s1. The number of hydrogen-bond acceptors (Lipinski definition) is 4. The summed E-state index contributed by atoms with van der Waals surface area (Å²) in [5.41, 5.74) is 4.97. The lowest BCUT2D eigenvalue weighted by molar-refractivity contribution is 0.00414. The first-order valence-electron chi connectivity index (χ1n) is 6.19. The van der Waals surface area contributed by atoms with Gasteiger partial charge in [0.1, 0.15) is 5.60 Å². The largest absolute Gasteiger partial charge is 0.444 e.